The minimum absolute atomic E-state index is 0.871. The van der Waals surface area contributed by atoms with E-state index in [9.17, 15) is 0 Å². The molecule has 0 unspecified atom stereocenters. The predicted octanol–water partition coefficient (Wildman–Crippen LogP) is 5.24. The smallest absolute Gasteiger partial charge is 0.0400 e. The fourth-order valence-electron chi connectivity index (χ4n) is 2.14. The van der Waals surface area contributed by atoms with Gasteiger partial charge in [0.25, 0.3) is 0 Å². The highest BCUT2D eigenvalue weighted by Gasteiger charge is 2.02. The molecule has 0 saturated carbocycles. The molecular weight excluding hydrogens is 298 g/mol. The summed E-state index contributed by atoms with van der Waals surface area (Å²) in [5.74, 6) is 0. The Kier molecular flexibility index (Phi) is 4.65. The highest BCUT2D eigenvalue weighted by atomic mass is 79.9. The summed E-state index contributed by atoms with van der Waals surface area (Å²) < 4.78 is 1.14. The maximum absolute atomic E-state index is 3.53. The minimum atomic E-state index is 0.871. The normalized spacial score (nSPS) is 10.5. The lowest BCUT2D eigenvalue weighted by atomic mass is 10.1. The summed E-state index contributed by atoms with van der Waals surface area (Å²) in [4.78, 5) is 0. The van der Waals surface area contributed by atoms with E-state index in [1.54, 1.807) is 0 Å². The number of aryl methyl sites for hydroxylation is 3. The molecule has 2 heteroatoms. The van der Waals surface area contributed by atoms with Crippen LogP contribution < -0.4 is 5.32 Å². The number of halogens is 1. The first-order chi connectivity index (χ1) is 9.10. The standard InChI is InChI=1S/C17H20BrN/c1-4-15-10-16(18)7-8-17(15)19-11-14-6-5-12(2)13(3)9-14/h5-10,19H,4,11H2,1-3H3. The molecule has 0 bridgehead atoms. The van der Waals surface area contributed by atoms with Crippen LogP contribution in [0.15, 0.2) is 40.9 Å². The summed E-state index contributed by atoms with van der Waals surface area (Å²) in [6, 6.07) is 13.1. The van der Waals surface area contributed by atoms with Crippen LogP contribution >= 0.6 is 15.9 Å². The van der Waals surface area contributed by atoms with Gasteiger partial charge in [-0.15, -0.1) is 0 Å². The van der Waals surface area contributed by atoms with E-state index in [4.69, 9.17) is 0 Å². The van der Waals surface area contributed by atoms with E-state index >= 15 is 0 Å². The van der Waals surface area contributed by atoms with Crippen LogP contribution in [-0.2, 0) is 13.0 Å². The number of anilines is 1. The highest BCUT2D eigenvalue weighted by Crippen LogP contribution is 2.22. The molecule has 0 aliphatic rings. The lowest BCUT2D eigenvalue weighted by Gasteiger charge is -2.12. The molecule has 0 aliphatic heterocycles. The Bertz CT molecular complexity index is 575. The van der Waals surface area contributed by atoms with Crippen LogP contribution in [0.1, 0.15) is 29.2 Å². The van der Waals surface area contributed by atoms with Crippen molar-refractivity contribution in [3.63, 3.8) is 0 Å². The molecule has 19 heavy (non-hydrogen) atoms. The van der Waals surface area contributed by atoms with Gasteiger partial charge in [0.2, 0.25) is 0 Å². The van der Waals surface area contributed by atoms with E-state index in [0.717, 1.165) is 17.4 Å². The van der Waals surface area contributed by atoms with Gasteiger partial charge >= 0.3 is 0 Å². The first kappa shape index (κ1) is 14.1. The van der Waals surface area contributed by atoms with Gasteiger partial charge in [-0.25, -0.2) is 0 Å². The van der Waals surface area contributed by atoms with Gasteiger partial charge in [-0.3, -0.25) is 0 Å². The second-order valence-corrected chi connectivity index (χ2v) is 5.84. The van der Waals surface area contributed by atoms with E-state index in [1.807, 2.05) is 0 Å². The van der Waals surface area contributed by atoms with Gasteiger partial charge in [0.15, 0.2) is 0 Å². The van der Waals surface area contributed by atoms with Crippen LogP contribution in [0.4, 0.5) is 5.69 Å². The third-order valence-corrected chi connectivity index (χ3v) is 4.00. The number of nitrogens with one attached hydrogen (secondary N) is 1. The van der Waals surface area contributed by atoms with Gasteiger partial charge < -0.3 is 5.32 Å². The van der Waals surface area contributed by atoms with E-state index < -0.39 is 0 Å². The summed E-state index contributed by atoms with van der Waals surface area (Å²) in [7, 11) is 0. The van der Waals surface area contributed by atoms with Crippen molar-refractivity contribution >= 4 is 21.6 Å². The van der Waals surface area contributed by atoms with Crippen molar-refractivity contribution in [2.75, 3.05) is 5.32 Å². The molecule has 0 aromatic heterocycles. The first-order valence-electron chi connectivity index (χ1n) is 6.68. The van der Waals surface area contributed by atoms with Crippen molar-refractivity contribution in [2.24, 2.45) is 0 Å². The number of hydrogen-bond donors (Lipinski definition) is 1. The quantitative estimate of drug-likeness (QED) is 0.813. The Morgan fingerprint density at radius 3 is 2.47 bits per heavy atom. The van der Waals surface area contributed by atoms with E-state index in [0.29, 0.717) is 0 Å². The molecule has 0 atom stereocenters. The molecular formula is C17H20BrN. The number of rotatable bonds is 4. The Morgan fingerprint density at radius 1 is 1.00 bits per heavy atom. The van der Waals surface area contributed by atoms with Gasteiger partial charge in [-0.1, -0.05) is 41.1 Å². The SMILES string of the molecule is CCc1cc(Br)ccc1NCc1ccc(C)c(C)c1. The maximum atomic E-state index is 3.53. The van der Waals surface area contributed by atoms with Crippen molar-refractivity contribution in [3.05, 3.63) is 63.1 Å². The van der Waals surface area contributed by atoms with Gasteiger partial charge in [0.05, 0.1) is 0 Å². The Labute approximate surface area is 124 Å². The summed E-state index contributed by atoms with van der Waals surface area (Å²) in [5.41, 5.74) is 6.60. The van der Waals surface area contributed by atoms with Gasteiger partial charge in [-0.05, 0) is 60.7 Å². The molecule has 1 N–H and O–H groups in total. The van der Waals surface area contributed by atoms with Crippen molar-refractivity contribution in [2.45, 2.75) is 33.7 Å². The summed E-state index contributed by atoms with van der Waals surface area (Å²) in [6.07, 6.45) is 1.04. The third kappa shape index (κ3) is 3.60. The first-order valence-corrected chi connectivity index (χ1v) is 7.48. The minimum Gasteiger partial charge on any atom is -0.381 e. The highest BCUT2D eigenvalue weighted by molar-refractivity contribution is 9.10. The topological polar surface area (TPSA) is 12.0 Å². The Morgan fingerprint density at radius 2 is 1.79 bits per heavy atom. The second-order valence-electron chi connectivity index (χ2n) is 4.93. The van der Waals surface area contributed by atoms with Crippen molar-refractivity contribution < 1.29 is 0 Å². The lowest BCUT2D eigenvalue weighted by Crippen LogP contribution is -2.02. The van der Waals surface area contributed by atoms with Crippen molar-refractivity contribution in [1.82, 2.24) is 0 Å². The largest absolute Gasteiger partial charge is 0.381 e. The molecule has 0 heterocycles. The predicted molar refractivity (Wildman–Crippen MR) is 86.8 cm³/mol. The molecule has 0 fully saturated rings. The van der Waals surface area contributed by atoms with E-state index in [2.05, 4.69) is 78.4 Å². The molecule has 2 aromatic carbocycles. The monoisotopic (exact) mass is 317 g/mol. The van der Waals surface area contributed by atoms with Gasteiger partial charge in [0.1, 0.15) is 0 Å². The molecule has 100 valence electrons. The molecule has 0 saturated heterocycles. The second kappa shape index (κ2) is 6.25. The van der Waals surface area contributed by atoms with E-state index in [1.165, 1.54) is 27.9 Å². The zero-order valence-electron chi connectivity index (χ0n) is 11.8. The summed E-state index contributed by atoms with van der Waals surface area (Å²) >= 11 is 3.52. The molecule has 0 aliphatic carbocycles. The number of hydrogen-bond acceptors (Lipinski definition) is 1. The Balaban J connectivity index is 2.12. The summed E-state index contributed by atoms with van der Waals surface area (Å²) in [5, 5.41) is 3.53. The third-order valence-electron chi connectivity index (χ3n) is 3.50. The van der Waals surface area contributed by atoms with Crippen LogP contribution in [0.3, 0.4) is 0 Å². The zero-order valence-corrected chi connectivity index (χ0v) is 13.3. The molecule has 0 radical (unpaired) electrons. The average molecular weight is 318 g/mol. The van der Waals surface area contributed by atoms with Crippen molar-refractivity contribution in [3.8, 4) is 0 Å². The van der Waals surface area contributed by atoms with Gasteiger partial charge in [0, 0.05) is 16.7 Å². The average Bonchev–Trinajstić information content (AvgIpc) is 2.41. The van der Waals surface area contributed by atoms with Crippen molar-refractivity contribution in [1.29, 1.82) is 0 Å². The molecule has 2 aromatic rings. The molecule has 2 rings (SSSR count). The molecule has 0 spiro atoms. The Hall–Kier alpha value is -1.28. The van der Waals surface area contributed by atoms with Crippen LogP contribution in [-0.4, -0.2) is 0 Å². The lowest BCUT2D eigenvalue weighted by molar-refractivity contribution is 1.08. The fourth-order valence-corrected chi connectivity index (χ4v) is 2.55. The van der Waals surface area contributed by atoms with Crippen LogP contribution in [0.2, 0.25) is 0 Å². The number of benzene rings is 2. The fraction of sp³-hybridized carbons (Fsp3) is 0.294. The van der Waals surface area contributed by atoms with Crippen LogP contribution in [0, 0.1) is 13.8 Å². The van der Waals surface area contributed by atoms with Crippen LogP contribution in [0.5, 0.6) is 0 Å². The zero-order chi connectivity index (χ0) is 13.8. The maximum Gasteiger partial charge on any atom is 0.0400 e. The van der Waals surface area contributed by atoms with Crippen LogP contribution in [0.25, 0.3) is 0 Å². The van der Waals surface area contributed by atoms with Gasteiger partial charge in [-0.2, -0.15) is 0 Å². The summed E-state index contributed by atoms with van der Waals surface area (Å²) in [6.45, 7) is 7.37. The molecule has 0 amide bonds. The molecule has 1 nitrogen and oxygen atoms in total. The van der Waals surface area contributed by atoms with E-state index in [-0.39, 0.29) is 0 Å².